The number of nitrogens with zero attached hydrogens (tertiary/aromatic N) is 2. The van der Waals surface area contributed by atoms with Crippen LogP contribution >= 0.6 is 0 Å². The third-order valence-corrected chi connectivity index (χ3v) is 7.64. The Balaban J connectivity index is 1.18. The van der Waals surface area contributed by atoms with Crippen molar-refractivity contribution in [2.24, 2.45) is 0 Å². The summed E-state index contributed by atoms with van der Waals surface area (Å²) in [6.07, 6.45) is 3.57. The van der Waals surface area contributed by atoms with Gasteiger partial charge in [-0.1, -0.05) is 18.2 Å². The SMILES string of the molecule is O=C(CN1CCN([C@H]2CCS(=O)(=O)C2)CC1)NCCc1c[nH]c2ccccc12. The maximum Gasteiger partial charge on any atom is 0.234 e. The molecule has 1 amide bonds. The number of aromatic nitrogens is 1. The number of carbonyl (C=O) groups is 1. The van der Waals surface area contributed by atoms with Crippen LogP contribution in [-0.2, 0) is 21.1 Å². The quantitative estimate of drug-likeness (QED) is 0.738. The fourth-order valence-electron chi connectivity index (χ4n) is 4.28. The molecule has 3 heterocycles. The second-order valence-corrected chi connectivity index (χ2v) is 10.1. The molecule has 2 saturated heterocycles. The van der Waals surface area contributed by atoms with E-state index in [1.54, 1.807) is 0 Å². The standard InChI is InChI=1S/C20H28N4O3S/c25-20(21-7-5-16-13-22-19-4-2-1-3-18(16)19)14-23-8-10-24(11-9-23)17-6-12-28(26,27)15-17/h1-4,13,17,22H,5-12,14-15H2,(H,21,25)/t17-/m0/s1. The second-order valence-electron chi connectivity index (χ2n) is 7.83. The number of carbonyl (C=O) groups excluding carboxylic acids is 1. The lowest BCUT2D eigenvalue weighted by Gasteiger charge is -2.37. The Labute approximate surface area is 166 Å². The first kappa shape index (κ1) is 19.4. The predicted octanol–water partition coefficient (Wildman–Crippen LogP) is 0.631. The second kappa shape index (κ2) is 8.23. The van der Waals surface area contributed by atoms with Crippen molar-refractivity contribution >= 4 is 26.6 Å². The maximum absolute atomic E-state index is 12.3. The van der Waals surface area contributed by atoms with Gasteiger partial charge in [0.2, 0.25) is 5.91 Å². The van der Waals surface area contributed by atoms with Gasteiger partial charge < -0.3 is 10.3 Å². The summed E-state index contributed by atoms with van der Waals surface area (Å²) in [5, 5.41) is 4.23. The Kier molecular flexibility index (Phi) is 5.70. The molecule has 2 aromatic rings. The van der Waals surface area contributed by atoms with E-state index in [-0.39, 0.29) is 11.9 Å². The molecular formula is C20H28N4O3S. The topological polar surface area (TPSA) is 85.5 Å². The Hall–Kier alpha value is -1.90. The maximum atomic E-state index is 12.3. The van der Waals surface area contributed by atoms with Crippen LogP contribution in [0.25, 0.3) is 10.9 Å². The number of benzene rings is 1. The average Bonchev–Trinajstić information content (AvgIpc) is 3.26. The highest BCUT2D eigenvalue weighted by atomic mass is 32.2. The van der Waals surface area contributed by atoms with Crippen molar-refractivity contribution in [2.75, 3.05) is 50.8 Å². The van der Waals surface area contributed by atoms with Crippen molar-refractivity contribution in [3.05, 3.63) is 36.0 Å². The van der Waals surface area contributed by atoms with Gasteiger partial charge in [0.25, 0.3) is 0 Å². The summed E-state index contributed by atoms with van der Waals surface area (Å²) in [6.45, 7) is 4.33. The van der Waals surface area contributed by atoms with Gasteiger partial charge in [0.15, 0.2) is 9.84 Å². The lowest BCUT2D eigenvalue weighted by molar-refractivity contribution is -0.122. The van der Waals surface area contributed by atoms with Gasteiger partial charge in [-0.15, -0.1) is 0 Å². The van der Waals surface area contributed by atoms with Crippen molar-refractivity contribution in [2.45, 2.75) is 18.9 Å². The molecule has 0 spiro atoms. The van der Waals surface area contributed by atoms with E-state index in [1.165, 1.54) is 10.9 Å². The van der Waals surface area contributed by atoms with Crippen molar-refractivity contribution in [1.29, 1.82) is 0 Å². The number of aromatic amines is 1. The number of nitrogens with one attached hydrogen (secondary N) is 2. The van der Waals surface area contributed by atoms with Crippen molar-refractivity contribution in [3.8, 4) is 0 Å². The molecule has 0 unspecified atom stereocenters. The summed E-state index contributed by atoms with van der Waals surface area (Å²) in [5.74, 6) is 0.662. The number of amides is 1. The molecule has 0 bridgehead atoms. The monoisotopic (exact) mass is 404 g/mol. The van der Waals surface area contributed by atoms with E-state index in [2.05, 4.69) is 32.2 Å². The minimum absolute atomic E-state index is 0.0525. The number of fused-ring (bicyclic) bond motifs is 1. The first-order chi connectivity index (χ1) is 13.5. The minimum atomic E-state index is -2.84. The number of hydrogen-bond acceptors (Lipinski definition) is 5. The Morgan fingerprint density at radius 2 is 1.96 bits per heavy atom. The van der Waals surface area contributed by atoms with E-state index in [4.69, 9.17) is 0 Å². The summed E-state index contributed by atoms with van der Waals surface area (Å²) >= 11 is 0. The molecule has 2 N–H and O–H groups in total. The van der Waals surface area contributed by atoms with Gasteiger partial charge in [0.1, 0.15) is 0 Å². The molecule has 2 fully saturated rings. The van der Waals surface area contributed by atoms with Gasteiger partial charge in [-0.2, -0.15) is 0 Å². The molecule has 152 valence electrons. The molecular weight excluding hydrogens is 376 g/mol. The van der Waals surface area contributed by atoms with Crippen molar-refractivity contribution < 1.29 is 13.2 Å². The van der Waals surface area contributed by atoms with Crippen molar-refractivity contribution in [3.63, 3.8) is 0 Å². The van der Waals surface area contributed by atoms with E-state index in [9.17, 15) is 13.2 Å². The van der Waals surface area contributed by atoms with Crippen LogP contribution in [0.4, 0.5) is 0 Å². The zero-order valence-electron chi connectivity index (χ0n) is 16.1. The lowest BCUT2D eigenvalue weighted by Crippen LogP contribution is -2.52. The molecule has 0 saturated carbocycles. The zero-order chi connectivity index (χ0) is 19.6. The molecule has 1 aromatic carbocycles. The highest BCUT2D eigenvalue weighted by molar-refractivity contribution is 7.91. The van der Waals surface area contributed by atoms with E-state index in [1.807, 2.05) is 18.3 Å². The molecule has 2 aliphatic rings. The molecule has 1 aromatic heterocycles. The molecule has 2 aliphatic heterocycles. The normalized spacial score (nSPS) is 23.2. The highest BCUT2D eigenvalue weighted by Crippen LogP contribution is 2.19. The summed E-state index contributed by atoms with van der Waals surface area (Å²) < 4.78 is 23.3. The minimum Gasteiger partial charge on any atom is -0.361 e. The van der Waals surface area contributed by atoms with Gasteiger partial charge in [-0.05, 0) is 24.5 Å². The van der Waals surface area contributed by atoms with Crippen LogP contribution in [0.2, 0.25) is 0 Å². The Morgan fingerprint density at radius 3 is 2.71 bits per heavy atom. The molecule has 0 radical (unpaired) electrons. The van der Waals surface area contributed by atoms with Crippen LogP contribution in [0.1, 0.15) is 12.0 Å². The van der Waals surface area contributed by atoms with Gasteiger partial charge in [0, 0.05) is 55.9 Å². The zero-order valence-corrected chi connectivity index (χ0v) is 16.9. The van der Waals surface area contributed by atoms with Gasteiger partial charge in [0.05, 0.1) is 18.1 Å². The first-order valence-electron chi connectivity index (χ1n) is 9.99. The molecule has 28 heavy (non-hydrogen) atoms. The van der Waals surface area contributed by atoms with Gasteiger partial charge in [-0.3, -0.25) is 14.6 Å². The number of H-pyrrole nitrogens is 1. The number of sulfone groups is 1. The summed E-state index contributed by atoms with van der Waals surface area (Å²) in [4.78, 5) is 20.0. The van der Waals surface area contributed by atoms with Gasteiger partial charge in [-0.25, -0.2) is 8.42 Å². The Bertz CT molecular complexity index is 932. The smallest absolute Gasteiger partial charge is 0.234 e. The number of para-hydroxylation sites is 1. The molecule has 0 aliphatic carbocycles. The largest absolute Gasteiger partial charge is 0.361 e. The highest BCUT2D eigenvalue weighted by Gasteiger charge is 2.33. The van der Waals surface area contributed by atoms with E-state index in [0.29, 0.717) is 24.6 Å². The van der Waals surface area contributed by atoms with Crippen LogP contribution in [0.15, 0.2) is 30.5 Å². The summed E-state index contributed by atoms with van der Waals surface area (Å²) in [5.41, 5.74) is 2.34. The van der Waals surface area contributed by atoms with Crippen LogP contribution in [0.3, 0.4) is 0 Å². The van der Waals surface area contributed by atoms with E-state index in [0.717, 1.165) is 44.5 Å². The fourth-order valence-corrected chi connectivity index (χ4v) is 6.05. The molecule has 8 heteroatoms. The fraction of sp³-hybridized carbons (Fsp3) is 0.550. The summed E-state index contributed by atoms with van der Waals surface area (Å²) in [6, 6.07) is 8.35. The first-order valence-corrected chi connectivity index (χ1v) is 11.8. The van der Waals surface area contributed by atoms with Crippen LogP contribution < -0.4 is 5.32 Å². The number of rotatable bonds is 6. The average molecular weight is 405 g/mol. The Morgan fingerprint density at radius 1 is 1.18 bits per heavy atom. The lowest BCUT2D eigenvalue weighted by atomic mass is 10.1. The van der Waals surface area contributed by atoms with Gasteiger partial charge >= 0.3 is 0 Å². The number of piperazine rings is 1. The van der Waals surface area contributed by atoms with Crippen molar-refractivity contribution in [1.82, 2.24) is 20.1 Å². The predicted molar refractivity (Wildman–Crippen MR) is 110 cm³/mol. The third kappa shape index (κ3) is 4.56. The van der Waals surface area contributed by atoms with E-state index >= 15 is 0 Å². The van der Waals surface area contributed by atoms with Crippen LogP contribution in [0.5, 0.6) is 0 Å². The van der Waals surface area contributed by atoms with E-state index < -0.39 is 9.84 Å². The van der Waals surface area contributed by atoms with Crippen LogP contribution in [-0.4, -0.2) is 85.9 Å². The molecule has 4 rings (SSSR count). The summed E-state index contributed by atoms with van der Waals surface area (Å²) in [7, 11) is -2.84. The third-order valence-electron chi connectivity index (χ3n) is 5.89. The molecule has 1 atom stereocenters. The number of hydrogen-bond donors (Lipinski definition) is 2. The van der Waals surface area contributed by atoms with Crippen LogP contribution in [0, 0.1) is 0 Å². The molecule has 7 nitrogen and oxygen atoms in total.